The van der Waals surface area contributed by atoms with Crippen LogP contribution in [0.1, 0.15) is 16.7 Å². The van der Waals surface area contributed by atoms with Crippen LogP contribution in [-0.2, 0) is 13.0 Å². The van der Waals surface area contributed by atoms with E-state index in [-0.39, 0.29) is 0 Å². The maximum Gasteiger partial charge on any atom is 0.191 e. The highest BCUT2D eigenvalue weighted by Crippen LogP contribution is 2.11. The third kappa shape index (κ3) is 5.50. The standard InChI is InChI=1S/C19H21FN4O/c1-22-19(23-10-9-14-4-7-17(25-2)8-5-14)24-13-16-6-3-15(12-21)11-18(16)20/h3-8,11H,9-10,13H2,1-2H3,(H2,22,23,24). The molecule has 0 atom stereocenters. The van der Waals surface area contributed by atoms with E-state index < -0.39 is 5.82 Å². The first-order valence-electron chi connectivity index (χ1n) is 7.92. The van der Waals surface area contributed by atoms with Gasteiger partial charge >= 0.3 is 0 Å². The summed E-state index contributed by atoms with van der Waals surface area (Å²) in [5, 5.41) is 15.0. The van der Waals surface area contributed by atoms with Gasteiger partial charge in [-0.2, -0.15) is 5.26 Å². The molecule has 5 nitrogen and oxygen atoms in total. The van der Waals surface area contributed by atoms with E-state index in [9.17, 15) is 4.39 Å². The number of aliphatic imine (C=N–C) groups is 1. The second kappa shape index (κ2) is 9.28. The Morgan fingerprint density at radius 2 is 1.96 bits per heavy atom. The zero-order chi connectivity index (χ0) is 18.1. The van der Waals surface area contributed by atoms with Crippen LogP contribution in [0.2, 0.25) is 0 Å². The summed E-state index contributed by atoms with van der Waals surface area (Å²) >= 11 is 0. The summed E-state index contributed by atoms with van der Waals surface area (Å²) in [5.41, 5.74) is 1.97. The van der Waals surface area contributed by atoms with E-state index in [1.807, 2.05) is 30.3 Å². The van der Waals surface area contributed by atoms with Crippen molar-refractivity contribution in [3.8, 4) is 11.8 Å². The molecule has 0 bridgehead atoms. The molecule has 0 saturated heterocycles. The summed E-state index contributed by atoms with van der Waals surface area (Å²) in [6.07, 6.45) is 0.829. The number of ether oxygens (including phenoxy) is 1. The quantitative estimate of drug-likeness (QED) is 0.626. The largest absolute Gasteiger partial charge is 0.497 e. The van der Waals surface area contributed by atoms with E-state index in [4.69, 9.17) is 10.00 Å². The molecule has 0 fully saturated rings. The average molecular weight is 340 g/mol. The number of guanidine groups is 1. The Labute approximate surface area is 147 Å². The summed E-state index contributed by atoms with van der Waals surface area (Å²) < 4.78 is 19.0. The van der Waals surface area contributed by atoms with Gasteiger partial charge in [-0.05, 0) is 36.2 Å². The number of hydrogen-bond acceptors (Lipinski definition) is 3. The average Bonchev–Trinajstić information content (AvgIpc) is 2.65. The molecule has 0 aliphatic carbocycles. The van der Waals surface area contributed by atoms with Crippen LogP contribution < -0.4 is 15.4 Å². The minimum Gasteiger partial charge on any atom is -0.497 e. The van der Waals surface area contributed by atoms with E-state index >= 15 is 0 Å². The first-order valence-corrected chi connectivity index (χ1v) is 7.92. The first-order chi connectivity index (χ1) is 12.2. The van der Waals surface area contributed by atoms with Gasteiger partial charge in [0.1, 0.15) is 11.6 Å². The molecule has 0 aromatic heterocycles. The molecule has 0 aliphatic heterocycles. The van der Waals surface area contributed by atoms with Gasteiger partial charge in [0, 0.05) is 25.7 Å². The molecule has 2 aromatic carbocycles. The number of halogens is 1. The van der Waals surface area contributed by atoms with E-state index in [0.717, 1.165) is 12.2 Å². The monoisotopic (exact) mass is 340 g/mol. The second-order valence-electron chi connectivity index (χ2n) is 5.37. The number of nitrogens with one attached hydrogen (secondary N) is 2. The van der Waals surface area contributed by atoms with Gasteiger partial charge in [0.2, 0.25) is 0 Å². The summed E-state index contributed by atoms with van der Waals surface area (Å²) in [4.78, 5) is 4.12. The topological polar surface area (TPSA) is 69.4 Å². The molecule has 0 amide bonds. The van der Waals surface area contributed by atoms with Crippen LogP contribution in [0.15, 0.2) is 47.5 Å². The highest BCUT2D eigenvalue weighted by molar-refractivity contribution is 5.79. The van der Waals surface area contributed by atoms with Crippen LogP contribution in [0.25, 0.3) is 0 Å². The van der Waals surface area contributed by atoms with Crippen molar-refractivity contribution in [2.24, 2.45) is 4.99 Å². The van der Waals surface area contributed by atoms with Gasteiger partial charge in [0.05, 0.1) is 18.7 Å². The predicted octanol–water partition coefficient (Wildman–Crippen LogP) is 2.61. The molecule has 0 heterocycles. The lowest BCUT2D eigenvalue weighted by atomic mass is 10.1. The summed E-state index contributed by atoms with van der Waals surface area (Å²) in [6.45, 7) is 0.988. The molecule has 6 heteroatoms. The third-order valence-corrected chi connectivity index (χ3v) is 3.72. The Balaban J connectivity index is 1.81. The van der Waals surface area contributed by atoms with Gasteiger partial charge < -0.3 is 15.4 Å². The van der Waals surface area contributed by atoms with Crippen LogP contribution in [0, 0.1) is 17.1 Å². The van der Waals surface area contributed by atoms with E-state index in [1.165, 1.54) is 11.6 Å². The second-order valence-corrected chi connectivity index (χ2v) is 5.37. The van der Waals surface area contributed by atoms with Crippen LogP contribution in [0.3, 0.4) is 0 Å². The van der Waals surface area contributed by atoms with Crippen molar-refractivity contribution in [3.05, 3.63) is 65.0 Å². The number of benzene rings is 2. The number of hydrogen-bond donors (Lipinski definition) is 2. The lowest BCUT2D eigenvalue weighted by Gasteiger charge is -2.12. The van der Waals surface area contributed by atoms with Crippen molar-refractivity contribution in [1.82, 2.24) is 10.6 Å². The Bertz CT molecular complexity index is 766. The Morgan fingerprint density at radius 1 is 1.20 bits per heavy atom. The fourth-order valence-corrected chi connectivity index (χ4v) is 2.28. The summed E-state index contributed by atoms with van der Waals surface area (Å²) in [6, 6.07) is 14.2. The fraction of sp³-hybridized carbons (Fsp3) is 0.263. The Morgan fingerprint density at radius 3 is 2.56 bits per heavy atom. The molecule has 2 rings (SSSR count). The third-order valence-electron chi connectivity index (χ3n) is 3.72. The highest BCUT2D eigenvalue weighted by atomic mass is 19.1. The predicted molar refractivity (Wildman–Crippen MR) is 96.0 cm³/mol. The van der Waals surface area contributed by atoms with Crippen LogP contribution >= 0.6 is 0 Å². The minimum atomic E-state index is -0.403. The van der Waals surface area contributed by atoms with Gasteiger partial charge in [-0.25, -0.2) is 4.39 Å². The number of rotatable bonds is 6. The van der Waals surface area contributed by atoms with Crippen molar-refractivity contribution in [1.29, 1.82) is 5.26 Å². The zero-order valence-corrected chi connectivity index (χ0v) is 14.3. The van der Waals surface area contributed by atoms with E-state index in [0.29, 0.717) is 30.2 Å². The molecule has 0 saturated carbocycles. The van der Waals surface area contributed by atoms with Crippen LogP contribution in [0.4, 0.5) is 4.39 Å². The molecular formula is C19H21FN4O. The fourth-order valence-electron chi connectivity index (χ4n) is 2.28. The van der Waals surface area contributed by atoms with Crippen molar-refractivity contribution in [2.45, 2.75) is 13.0 Å². The molecule has 0 spiro atoms. The molecule has 0 unspecified atom stereocenters. The van der Waals surface area contributed by atoms with Crippen molar-refractivity contribution in [3.63, 3.8) is 0 Å². The number of nitriles is 1. The van der Waals surface area contributed by atoms with Crippen molar-refractivity contribution >= 4 is 5.96 Å². The Hall–Kier alpha value is -3.07. The molecule has 25 heavy (non-hydrogen) atoms. The maximum atomic E-state index is 13.9. The summed E-state index contributed by atoms with van der Waals surface area (Å²) in [5.74, 6) is 1.02. The van der Waals surface area contributed by atoms with Crippen molar-refractivity contribution < 1.29 is 9.13 Å². The normalized spacial score (nSPS) is 10.9. The van der Waals surface area contributed by atoms with Crippen molar-refractivity contribution in [2.75, 3.05) is 20.7 Å². The van der Waals surface area contributed by atoms with Crippen LogP contribution in [0.5, 0.6) is 5.75 Å². The maximum absolute atomic E-state index is 13.9. The van der Waals surface area contributed by atoms with Gasteiger partial charge in [0.25, 0.3) is 0 Å². The smallest absolute Gasteiger partial charge is 0.191 e. The molecule has 2 N–H and O–H groups in total. The number of nitrogens with zero attached hydrogens (tertiary/aromatic N) is 2. The number of methoxy groups -OCH3 is 1. The zero-order valence-electron chi connectivity index (χ0n) is 14.3. The van der Waals surface area contributed by atoms with E-state index in [1.54, 1.807) is 26.3 Å². The first kappa shape index (κ1) is 18.3. The highest BCUT2D eigenvalue weighted by Gasteiger charge is 2.05. The molecule has 2 aromatic rings. The minimum absolute atomic E-state index is 0.291. The van der Waals surface area contributed by atoms with Crippen LogP contribution in [-0.4, -0.2) is 26.7 Å². The molecule has 0 radical (unpaired) electrons. The van der Waals surface area contributed by atoms with E-state index in [2.05, 4.69) is 15.6 Å². The molecule has 0 aliphatic rings. The Kier molecular flexibility index (Phi) is 6.78. The summed E-state index contributed by atoms with van der Waals surface area (Å²) in [7, 11) is 3.31. The SMILES string of the molecule is CN=C(NCCc1ccc(OC)cc1)NCc1ccc(C#N)cc1F. The molecular weight excluding hydrogens is 319 g/mol. The van der Waals surface area contributed by atoms with Gasteiger partial charge in [-0.15, -0.1) is 0 Å². The van der Waals surface area contributed by atoms with Gasteiger partial charge in [-0.1, -0.05) is 18.2 Å². The lowest BCUT2D eigenvalue weighted by molar-refractivity contribution is 0.414. The van der Waals surface area contributed by atoms with Gasteiger partial charge in [0.15, 0.2) is 5.96 Å². The van der Waals surface area contributed by atoms with Gasteiger partial charge in [-0.3, -0.25) is 4.99 Å². The lowest BCUT2D eigenvalue weighted by Crippen LogP contribution is -2.38. The molecule has 130 valence electrons.